The summed E-state index contributed by atoms with van der Waals surface area (Å²) in [5.74, 6) is 0. The monoisotopic (exact) mass is 272 g/mol. The average Bonchev–Trinajstić information content (AvgIpc) is 2.71. The van der Waals surface area contributed by atoms with Gasteiger partial charge in [0.1, 0.15) is 0 Å². The minimum absolute atomic E-state index is 0.145. The van der Waals surface area contributed by atoms with Gasteiger partial charge in [0.05, 0.1) is 5.56 Å². The van der Waals surface area contributed by atoms with Gasteiger partial charge in [-0.15, -0.1) is 0 Å². The molecular formula is C14H19F3N2. The van der Waals surface area contributed by atoms with Gasteiger partial charge in [0.15, 0.2) is 0 Å². The molecule has 0 amide bonds. The van der Waals surface area contributed by atoms with Gasteiger partial charge in [-0.3, -0.25) is 4.90 Å². The van der Waals surface area contributed by atoms with Crippen molar-refractivity contribution in [2.24, 2.45) is 11.1 Å². The fourth-order valence-corrected chi connectivity index (χ4v) is 2.48. The molecule has 5 heteroatoms. The fourth-order valence-electron chi connectivity index (χ4n) is 2.48. The summed E-state index contributed by atoms with van der Waals surface area (Å²) in [7, 11) is 0. The molecule has 1 aliphatic rings. The molecule has 2 nitrogen and oxygen atoms in total. The number of alkyl halides is 3. The minimum atomic E-state index is -4.26. The second-order valence-electron chi connectivity index (χ2n) is 5.67. The molecule has 2 rings (SSSR count). The quantitative estimate of drug-likeness (QED) is 0.916. The number of nitrogens with zero attached hydrogens (tertiary/aromatic N) is 1. The van der Waals surface area contributed by atoms with Crippen molar-refractivity contribution in [3.8, 4) is 0 Å². The number of nitrogens with two attached hydrogens (primary N) is 1. The van der Waals surface area contributed by atoms with E-state index in [9.17, 15) is 13.2 Å². The molecule has 1 aromatic carbocycles. The molecule has 0 bridgehead atoms. The number of benzene rings is 1. The highest BCUT2D eigenvalue weighted by Gasteiger charge is 2.33. The maximum absolute atomic E-state index is 12.4. The summed E-state index contributed by atoms with van der Waals surface area (Å²) >= 11 is 0. The van der Waals surface area contributed by atoms with Crippen molar-refractivity contribution in [3.05, 3.63) is 35.4 Å². The third-order valence-corrected chi connectivity index (χ3v) is 3.82. The van der Waals surface area contributed by atoms with Crippen LogP contribution in [0.3, 0.4) is 0 Å². The molecular weight excluding hydrogens is 253 g/mol. The lowest BCUT2D eigenvalue weighted by atomic mass is 9.90. The van der Waals surface area contributed by atoms with Crippen LogP contribution in [-0.4, -0.2) is 24.5 Å². The van der Waals surface area contributed by atoms with Crippen molar-refractivity contribution < 1.29 is 13.2 Å². The smallest absolute Gasteiger partial charge is 0.330 e. The fraction of sp³-hybridized carbons (Fsp3) is 0.571. The van der Waals surface area contributed by atoms with E-state index in [1.165, 1.54) is 0 Å². The standard InChI is InChI=1S/C14H19F3N2/c1-13(9-18)6-7-19(10-13)8-11-2-4-12(5-3-11)14(15,16)17/h2-5H,6-10,18H2,1H3. The molecule has 0 aliphatic carbocycles. The molecule has 0 spiro atoms. The van der Waals surface area contributed by atoms with Gasteiger partial charge in [0.2, 0.25) is 0 Å². The molecule has 0 saturated carbocycles. The molecule has 0 aromatic heterocycles. The van der Waals surface area contributed by atoms with Crippen LogP contribution < -0.4 is 5.73 Å². The molecule has 1 aromatic rings. The largest absolute Gasteiger partial charge is 0.416 e. The van der Waals surface area contributed by atoms with Crippen LogP contribution in [0.2, 0.25) is 0 Å². The summed E-state index contributed by atoms with van der Waals surface area (Å²) < 4.78 is 37.3. The van der Waals surface area contributed by atoms with Gasteiger partial charge in [0.25, 0.3) is 0 Å². The van der Waals surface area contributed by atoms with Gasteiger partial charge in [-0.05, 0) is 42.6 Å². The molecule has 1 fully saturated rings. The highest BCUT2D eigenvalue weighted by Crippen LogP contribution is 2.31. The summed E-state index contributed by atoms with van der Waals surface area (Å²) in [5.41, 5.74) is 6.20. The number of hydrogen-bond acceptors (Lipinski definition) is 2. The van der Waals surface area contributed by atoms with E-state index >= 15 is 0 Å². The predicted molar refractivity (Wildman–Crippen MR) is 68.5 cm³/mol. The Labute approximate surface area is 111 Å². The lowest BCUT2D eigenvalue weighted by Crippen LogP contribution is -2.31. The predicted octanol–water partition coefficient (Wildman–Crippen LogP) is 2.88. The van der Waals surface area contributed by atoms with E-state index < -0.39 is 11.7 Å². The van der Waals surface area contributed by atoms with E-state index in [1.54, 1.807) is 12.1 Å². The summed E-state index contributed by atoms with van der Waals surface area (Å²) in [5, 5.41) is 0. The highest BCUT2D eigenvalue weighted by molar-refractivity contribution is 5.24. The van der Waals surface area contributed by atoms with Crippen molar-refractivity contribution in [2.45, 2.75) is 26.1 Å². The first-order chi connectivity index (χ1) is 8.82. The van der Waals surface area contributed by atoms with Gasteiger partial charge >= 0.3 is 6.18 Å². The summed E-state index contributed by atoms with van der Waals surface area (Å²) in [6.45, 7) is 5.35. The van der Waals surface area contributed by atoms with Crippen molar-refractivity contribution in [1.82, 2.24) is 4.90 Å². The van der Waals surface area contributed by atoms with Crippen LogP contribution in [0.1, 0.15) is 24.5 Å². The van der Waals surface area contributed by atoms with E-state index in [4.69, 9.17) is 5.73 Å². The van der Waals surface area contributed by atoms with Gasteiger partial charge in [-0.1, -0.05) is 19.1 Å². The Balaban J connectivity index is 1.98. The molecule has 2 N–H and O–H groups in total. The van der Waals surface area contributed by atoms with Crippen LogP contribution in [0.4, 0.5) is 13.2 Å². The summed E-state index contributed by atoms with van der Waals surface area (Å²) in [6.07, 6.45) is -3.21. The number of hydrogen-bond donors (Lipinski definition) is 1. The highest BCUT2D eigenvalue weighted by atomic mass is 19.4. The van der Waals surface area contributed by atoms with Gasteiger partial charge in [-0.25, -0.2) is 0 Å². The number of halogens is 3. The molecule has 1 atom stereocenters. The van der Waals surface area contributed by atoms with Crippen molar-refractivity contribution in [1.29, 1.82) is 0 Å². The van der Waals surface area contributed by atoms with Crippen molar-refractivity contribution in [2.75, 3.05) is 19.6 Å². The Morgan fingerprint density at radius 2 is 1.89 bits per heavy atom. The first-order valence-corrected chi connectivity index (χ1v) is 6.41. The van der Waals surface area contributed by atoms with Crippen LogP contribution in [-0.2, 0) is 12.7 Å². The van der Waals surface area contributed by atoms with E-state index in [2.05, 4.69) is 11.8 Å². The lowest BCUT2D eigenvalue weighted by molar-refractivity contribution is -0.137. The average molecular weight is 272 g/mol. The third kappa shape index (κ3) is 3.48. The van der Waals surface area contributed by atoms with Crippen molar-refractivity contribution in [3.63, 3.8) is 0 Å². The third-order valence-electron chi connectivity index (χ3n) is 3.82. The molecule has 19 heavy (non-hydrogen) atoms. The van der Waals surface area contributed by atoms with Gasteiger partial charge in [0, 0.05) is 13.1 Å². The number of rotatable bonds is 3. The van der Waals surface area contributed by atoms with Crippen LogP contribution in [0.5, 0.6) is 0 Å². The Hall–Kier alpha value is -1.07. The molecule has 0 radical (unpaired) electrons. The van der Waals surface area contributed by atoms with Gasteiger partial charge in [-0.2, -0.15) is 13.2 Å². The van der Waals surface area contributed by atoms with E-state index in [-0.39, 0.29) is 5.41 Å². The zero-order valence-electron chi connectivity index (χ0n) is 11.0. The molecule has 1 heterocycles. The minimum Gasteiger partial charge on any atom is -0.330 e. The summed E-state index contributed by atoms with van der Waals surface area (Å²) in [4.78, 5) is 2.25. The Bertz CT molecular complexity index is 427. The molecule has 1 unspecified atom stereocenters. The van der Waals surface area contributed by atoms with Crippen LogP contribution in [0.25, 0.3) is 0 Å². The Morgan fingerprint density at radius 3 is 2.37 bits per heavy atom. The first kappa shape index (κ1) is 14.3. The van der Waals surface area contributed by atoms with Crippen molar-refractivity contribution >= 4 is 0 Å². The van der Waals surface area contributed by atoms with Crippen LogP contribution >= 0.6 is 0 Å². The van der Waals surface area contributed by atoms with Crippen LogP contribution in [0, 0.1) is 5.41 Å². The maximum Gasteiger partial charge on any atom is 0.416 e. The second-order valence-corrected chi connectivity index (χ2v) is 5.67. The Morgan fingerprint density at radius 1 is 1.26 bits per heavy atom. The maximum atomic E-state index is 12.4. The molecule has 1 saturated heterocycles. The first-order valence-electron chi connectivity index (χ1n) is 6.41. The lowest BCUT2D eigenvalue weighted by Gasteiger charge is -2.22. The zero-order chi connectivity index (χ0) is 14.1. The topological polar surface area (TPSA) is 29.3 Å². The second kappa shape index (κ2) is 5.13. The van der Waals surface area contributed by atoms with E-state index in [1.807, 2.05) is 0 Å². The van der Waals surface area contributed by atoms with Gasteiger partial charge < -0.3 is 5.73 Å². The molecule has 1 aliphatic heterocycles. The van der Waals surface area contributed by atoms with Crippen LogP contribution in [0.15, 0.2) is 24.3 Å². The number of likely N-dealkylation sites (tertiary alicyclic amines) is 1. The summed E-state index contributed by atoms with van der Waals surface area (Å²) in [6, 6.07) is 5.41. The normalized spacial score (nSPS) is 24.9. The zero-order valence-corrected chi connectivity index (χ0v) is 11.0. The van der Waals surface area contributed by atoms with E-state index in [0.717, 1.165) is 37.2 Å². The Kier molecular flexibility index (Phi) is 3.87. The SMILES string of the molecule is CC1(CN)CCN(Cc2ccc(C(F)(F)F)cc2)C1. The van der Waals surface area contributed by atoms with E-state index in [0.29, 0.717) is 13.1 Å². The molecule has 106 valence electrons.